The Kier molecular flexibility index (Phi) is 4.56. The first-order chi connectivity index (χ1) is 11.3. The van der Waals surface area contributed by atoms with Gasteiger partial charge in [0.2, 0.25) is 0 Å². The Labute approximate surface area is 140 Å². The molecule has 1 N–H and O–H groups in total. The first-order valence-corrected chi connectivity index (χ1v) is 7.42. The lowest BCUT2D eigenvalue weighted by Crippen LogP contribution is -2.50. The van der Waals surface area contributed by atoms with E-state index in [-0.39, 0.29) is 16.9 Å². The molecule has 0 amide bonds. The van der Waals surface area contributed by atoms with Gasteiger partial charge in [0.15, 0.2) is 11.5 Å². The van der Waals surface area contributed by atoms with Crippen LogP contribution in [0.15, 0.2) is 36.4 Å². The largest absolute Gasteiger partial charge is 0.573 e. The number of hydrogen-bond acceptors (Lipinski definition) is 3. The van der Waals surface area contributed by atoms with E-state index in [0.717, 1.165) is 12.1 Å². The Hall–Kier alpha value is -1.99. The molecule has 0 spiro atoms. The summed E-state index contributed by atoms with van der Waals surface area (Å²) in [6, 6.07) is 8.06. The van der Waals surface area contributed by atoms with Gasteiger partial charge in [-0.05, 0) is 35.4 Å². The monoisotopic (exact) mass is 361 g/mol. The van der Waals surface area contributed by atoms with Crippen molar-refractivity contribution in [3.05, 3.63) is 47.2 Å². The van der Waals surface area contributed by atoms with Crippen molar-refractivity contribution in [3.63, 3.8) is 0 Å². The third-order valence-electron chi connectivity index (χ3n) is 3.46. The zero-order valence-corrected chi connectivity index (χ0v) is 12.9. The first-order valence-electron chi connectivity index (χ1n) is 7.04. The van der Waals surface area contributed by atoms with Gasteiger partial charge in [0.25, 0.3) is 0 Å². The van der Waals surface area contributed by atoms with Gasteiger partial charge in [-0.1, -0.05) is 23.7 Å². The maximum absolute atomic E-state index is 13.6. The van der Waals surface area contributed by atoms with Crippen molar-refractivity contribution >= 4 is 11.6 Å². The summed E-state index contributed by atoms with van der Waals surface area (Å²) in [6.07, 6.45) is -5.07. The molecule has 24 heavy (non-hydrogen) atoms. The molecule has 128 valence electrons. The highest BCUT2D eigenvalue weighted by Gasteiger charge is 2.33. The van der Waals surface area contributed by atoms with E-state index in [2.05, 4.69) is 10.1 Å². The predicted octanol–water partition coefficient (Wildman–Crippen LogP) is 4.40. The summed E-state index contributed by atoms with van der Waals surface area (Å²) in [4.78, 5) is 0. The van der Waals surface area contributed by atoms with Gasteiger partial charge in [-0.25, -0.2) is 4.39 Å². The van der Waals surface area contributed by atoms with Crippen LogP contribution in [0.3, 0.4) is 0 Å². The fraction of sp³-hybridized carbons (Fsp3) is 0.250. The Balaban J connectivity index is 1.95. The van der Waals surface area contributed by atoms with Gasteiger partial charge in [0.1, 0.15) is 11.9 Å². The van der Waals surface area contributed by atoms with Gasteiger partial charge in [-0.15, -0.1) is 13.2 Å². The second kappa shape index (κ2) is 6.49. The van der Waals surface area contributed by atoms with Crippen LogP contribution in [0.4, 0.5) is 17.6 Å². The smallest absolute Gasteiger partial charge is 0.484 e. The normalized spacial score (nSPS) is 15.0. The molecule has 0 radical (unpaired) electrons. The molecule has 0 atom stereocenters. The van der Waals surface area contributed by atoms with Crippen molar-refractivity contribution in [1.82, 2.24) is 5.32 Å². The summed E-state index contributed by atoms with van der Waals surface area (Å²) in [5.74, 6) is -1.15. The summed E-state index contributed by atoms with van der Waals surface area (Å²) in [5.41, 5.74) is 0.727. The van der Waals surface area contributed by atoms with Crippen molar-refractivity contribution in [2.75, 3.05) is 13.1 Å². The fourth-order valence-electron chi connectivity index (χ4n) is 2.19. The SMILES string of the molecule is Fc1cc(-c2ccc(OC3CNC3)c(OC(F)(F)F)c2)ccc1Cl. The lowest BCUT2D eigenvalue weighted by Gasteiger charge is -2.28. The van der Waals surface area contributed by atoms with Crippen molar-refractivity contribution in [2.24, 2.45) is 0 Å². The van der Waals surface area contributed by atoms with E-state index in [1.54, 1.807) is 0 Å². The Morgan fingerprint density at radius 2 is 1.67 bits per heavy atom. The highest BCUT2D eigenvalue weighted by Crippen LogP contribution is 2.37. The summed E-state index contributed by atoms with van der Waals surface area (Å²) in [7, 11) is 0. The third kappa shape index (κ3) is 3.91. The van der Waals surface area contributed by atoms with Gasteiger partial charge >= 0.3 is 6.36 Å². The summed E-state index contributed by atoms with van der Waals surface area (Å²) in [5, 5.41) is 2.89. The number of nitrogens with one attached hydrogen (secondary N) is 1. The van der Waals surface area contributed by atoms with Crippen LogP contribution in [-0.2, 0) is 0 Å². The molecular formula is C16H12ClF4NO2. The molecular weight excluding hydrogens is 350 g/mol. The Morgan fingerprint density at radius 1 is 1.00 bits per heavy atom. The summed E-state index contributed by atoms with van der Waals surface area (Å²) >= 11 is 5.62. The molecule has 3 rings (SSSR count). The van der Waals surface area contributed by atoms with E-state index >= 15 is 0 Å². The number of ether oxygens (including phenoxy) is 2. The standard InChI is InChI=1S/C16H12ClF4NO2/c17-12-3-1-9(5-13(12)18)10-2-4-14(23-11-7-22-8-11)15(6-10)24-16(19,20)21/h1-6,11,22H,7-8H2. The number of rotatable bonds is 4. The van der Waals surface area contributed by atoms with Crippen LogP contribution in [0, 0.1) is 5.82 Å². The van der Waals surface area contributed by atoms with E-state index in [9.17, 15) is 17.6 Å². The molecule has 0 unspecified atom stereocenters. The van der Waals surface area contributed by atoms with Crippen LogP contribution in [0.2, 0.25) is 5.02 Å². The third-order valence-corrected chi connectivity index (χ3v) is 3.77. The molecule has 2 aromatic rings. The molecule has 1 saturated heterocycles. The van der Waals surface area contributed by atoms with E-state index < -0.39 is 17.9 Å². The molecule has 8 heteroatoms. The van der Waals surface area contributed by atoms with Gasteiger partial charge in [0.05, 0.1) is 5.02 Å². The molecule has 0 aromatic heterocycles. The molecule has 1 aliphatic rings. The minimum absolute atomic E-state index is 0.0167. The quantitative estimate of drug-likeness (QED) is 0.819. The molecule has 3 nitrogen and oxygen atoms in total. The van der Waals surface area contributed by atoms with Crippen LogP contribution < -0.4 is 14.8 Å². The average Bonchev–Trinajstić information content (AvgIpc) is 2.45. The average molecular weight is 362 g/mol. The van der Waals surface area contributed by atoms with Crippen molar-refractivity contribution in [2.45, 2.75) is 12.5 Å². The van der Waals surface area contributed by atoms with Crippen LogP contribution >= 0.6 is 11.6 Å². The van der Waals surface area contributed by atoms with Crippen molar-refractivity contribution in [1.29, 1.82) is 0 Å². The highest BCUT2D eigenvalue weighted by atomic mass is 35.5. The van der Waals surface area contributed by atoms with Crippen LogP contribution in [0.25, 0.3) is 11.1 Å². The number of halogens is 5. The molecule has 1 fully saturated rings. The number of alkyl halides is 3. The highest BCUT2D eigenvalue weighted by molar-refractivity contribution is 6.30. The lowest BCUT2D eigenvalue weighted by molar-refractivity contribution is -0.275. The maximum Gasteiger partial charge on any atom is 0.573 e. The second-order valence-electron chi connectivity index (χ2n) is 5.24. The molecule has 0 bridgehead atoms. The minimum atomic E-state index is -4.86. The van der Waals surface area contributed by atoms with E-state index in [0.29, 0.717) is 24.2 Å². The number of benzene rings is 2. The van der Waals surface area contributed by atoms with E-state index in [1.165, 1.54) is 24.3 Å². The molecule has 1 heterocycles. The number of hydrogen-bond donors (Lipinski definition) is 1. The van der Waals surface area contributed by atoms with E-state index in [4.69, 9.17) is 16.3 Å². The summed E-state index contributed by atoms with van der Waals surface area (Å²) < 4.78 is 61.0. The molecule has 2 aromatic carbocycles. The second-order valence-corrected chi connectivity index (χ2v) is 5.64. The van der Waals surface area contributed by atoms with Crippen molar-refractivity contribution < 1.29 is 27.0 Å². The Morgan fingerprint density at radius 3 is 2.25 bits per heavy atom. The van der Waals surface area contributed by atoms with Gasteiger partial charge in [0, 0.05) is 13.1 Å². The molecule has 1 aliphatic heterocycles. The Bertz CT molecular complexity index is 747. The molecule has 0 saturated carbocycles. The maximum atomic E-state index is 13.6. The molecule has 0 aliphatic carbocycles. The van der Waals surface area contributed by atoms with Gasteiger partial charge in [-0.3, -0.25) is 0 Å². The van der Waals surface area contributed by atoms with E-state index in [1.807, 2.05) is 0 Å². The van der Waals surface area contributed by atoms with Gasteiger partial charge < -0.3 is 14.8 Å². The zero-order valence-electron chi connectivity index (χ0n) is 12.2. The van der Waals surface area contributed by atoms with Crippen LogP contribution in [0.1, 0.15) is 0 Å². The zero-order chi connectivity index (χ0) is 17.3. The van der Waals surface area contributed by atoms with Gasteiger partial charge in [-0.2, -0.15) is 0 Å². The summed E-state index contributed by atoms with van der Waals surface area (Å²) in [6.45, 7) is 1.10. The van der Waals surface area contributed by atoms with Crippen LogP contribution in [-0.4, -0.2) is 25.6 Å². The van der Waals surface area contributed by atoms with Crippen LogP contribution in [0.5, 0.6) is 11.5 Å². The minimum Gasteiger partial charge on any atom is -0.484 e. The first kappa shape index (κ1) is 16.9. The van der Waals surface area contributed by atoms with Crippen molar-refractivity contribution in [3.8, 4) is 22.6 Å². The fourth-order valence-corrected chi connectivity index (χ4v) is 2.31. The predicted molar refractivity (Wildman–Crippen MR) is 80.8 cm³/mol. The topological polar surface area (TPSA) is 30.5 Å². The lowest BCUT2D eigenvalue weighted by atomic mass is 10.0.